The van der Waals surface area contributed by atoms with Gasteiger partial charge in [0.05, 0.1) is 4.90 Å². The Balaban J connectivity index is 2.12. The van der Waals surface area contributed by atoms with Crippen LogP contribution < -0.4 is 10.0 Å². The number of hydrogen-bond donors (Lipinski definition) is 2. The molecule has 0 spiro atoms. The van der Waals surface area contributed by atoms with Crippen LogP contribution in [0.1, 0.15) is 10.4 Å². The summed E-state index contributed by atoms with van der Waals surface area (Å²) in [6.45, 7) is -1.46. The summed E-state index contributed by atoms with van der Waals surface area (Å²) in [4.78, 5) is 12.4. The number of carbonyl (C=O) groups excluding carboxylic acids is 1. The van der Waals surface area contributed by atoms with Crippen molar-refractivity contribution in [3.05, 3.63) is 54.1 Å². The van der Waals surface area contributed by atoms with Crippen molar-refractivity contribution in [3.8, 4) is 0 Å². The first-order valence-electron chi connectivity index (χ1n) is 7.22. The summed E-state index contributed by atoms with van der Waals surface area (Å²) in [5.74, 6) is -0.938. The molecule has 2 aromatic rings. The van der Waals surface area contributed by atoms with Gasteiger partial charge in [-0.1, -0.05) is 6.07 Å². The average Bonchev–Trinajstić information content (AvgIpc) is 2.59. The van der Waals surface area contributed by atoms with Gasteiger partial charge in [-0.2, -0.15) is 13.2 Å². The van der Waals surface area contributed by atoms with Crippen molar-refractivity contribution in [2.75, 3.05) is 17.5 Å². The van der Waals surface area contributed by atoms with E-state index in [9.17, 15) is 26.4 Å². The number of alkyl halides is 3. The van der Waals surface area contributed by atoms with Gasteiger partial charge in [-0.05, 0) is 48.7 Å². The number of halogens is 3. The van der Waals surface area contributed by atoms with Crippen molar-refractivity contribution < 1.29 is 26.4 Å². The third kappa shape index (κ3) is 5.67. The monoisotopic (exact) mass is 404 g/mol. The van der Waals surface area contributed by atoms with Gasteiger partial charge >= 0.3 is 6.18 Å². The molecular weight excluding hydrogens is 389 g/mol. The van der Waals surface area contributed by atoms with Crippen LogP contribution in [0.2, 0.25) is 0 Å². The molecule has 26 heavy (non-hydrogen) atoms. The van der Waals surface area contributed by atoms with E-state index < -0.39 is 28.7 Å². The number of hydrogen-bond acceptors (Lipinski definition) is 4. The molecule has 2 aromatic carbocycles. The van der Waals surface area contributed by atoms with E-state index >= 15 is 0 Å². The number of sulfonamides is 1. The number of amides is 1. The average molecular weight is 404 g/mol. The molecule has 0 aliphatic carbocycles. The second-order valence-corrected chi connectivity index (χ2v) is 7.72. The second-order valence-electron chi connectivity index (χ2n) is 5.16. The maximum Gasteiger partial charge on any atom is 0.405 e. The highest BCUT2D eigenvalue weighted by atomic mass is 32.2. The van der Waals surface area contributed by atoms with Crippen LogP contribution in [0.15, 0.2) is 58.3 Å². The molecule has 0 aliphatic rings. The third-order valence-corrected chi connectivity index (χ3v) is 5.32. The molecular formula is C16H15F3N2O3S2. The Morgan fingerprint density at radius 1 is 1.12 bits per heavy atom. The maximum atomic E-state index is 12.4. The minimum absolute atomic E-state index is 0.0717. The highest BCUT2D eigenvalue weighted by Gasteiger charge is 2.28. The minimum Gasteiger partial charge on any atom is -0.343 e. The molecule has 10 heteroatoms. The lowest BCUT2D eigenvalue weighted by Gasteiger charge is -2.10. The van der Waals surface area contributed by atoms with Crippen LogP contribution in [0.4, 0.5) is 18.9 Å². The fourth-order valence-corrected chi connectivity index (χ4v) is 3.48. The van der Waals surface area contributed by atoms with Gasteiger partial charge in [-0.25, -0.2) is 8.42 Å². The van der Waals surface area contributed by atoms with E-state index in [1.54, 1.807) is 23.5 Å². The smallest absolute Gasteiger partial charge is 0.343 e. The van der Waals surface area contributed by atoms with Crippen molar-refractivity contribution in [3.63, 3.8) is 0 Å². The zero-order chi connectivity index (χ0) is 19.4. The Labute approximate surface area is 153 Å². The summed E-state index contributed by atoms with van der Waals surface area (Å²) in [5, 5.41) is 1.72. The van der Waals surface area contributed by atoms with E-state index in [1.165, 1.54) is 11.8 Å². The number of carbonyl (C=O) groups is 1. The third-order valence-electron chi connectivity index (χ3n) is 3.20. The first-order chi connectivity index (χ1) is 12.1. The standard InChI is InChI=1S/C16H15F3N2O3S2/c1-25-13-4-2-3-12(9-13)21-26(23,24)14-7-5-11(6-8-14)15(22)20-10-16(17,18)19/h2-9,21H,10H2,1H3,(H,20,22). The summed E-state index contributed by atoms with van der Waals surface area (Å²) in [7, 11) is -3.89. The lowest BCUT2D eigenvalue weighted by atomic mass is 10.2. The Bertz CT molecular complexity index is 882. The van der Waals surface area contributed by atoms with Gasteiger partial charge in [0, 0.05) is 16.1 Å². The van der Waals surface area contributed by atoms with Gasteiger partial charge in [0.2, 0.25) is 0 Å². The van der Waals surface area contributed by atoms with Gasteiger partial charge in [0.15, 0.2) is 0 Å². The molecule has 2 rings (SSSR count). The van der Waals surface area contributed by atoms with E-state index in [1.807, 2.05) is 12.3 Å². The van der Waals surface area contributed by atoms with E-state index in [0.717, 1.165) is 29.2 Å². The molecule has 140 valence electrons. The molecule has 0 aromatic heterocycles. The van der Waals surface area contributed by atoms with E-state index in [4.69, 9.17) is 0 Å². The highest BCUT2D eigenvalue weighted by molar-refractivity contribution is 7.98. The number of anilines is 1. The molecule has 2 N–H and O–H groups in total. The second kappa shape index (κ2) is 8.00. The number of thioether (sulfide) groups is 1. The van der Waals surface area contributed by atoms with E-state index in [-0.39, 0.29) is 10.5 Å². The molecule has 0 atom stereocenters. The van der Waals surface area contributed by atoms with Crippen LogP contribution in [0.25, 0.3) is 0 Å². The molecule has 5 nitrogen and oxygen atoms in total. The number of nitrogens with one attached hydrogen (secondary N) is 2. The molecule has 0 fully saturated rings. The highest BCUT2D eigenvalue weighted by Crippen LogP contribution is 2.22. The fraction of sp³-hybridized carbons (Fsp3) is 0.188. The Morgan fingerprint density at radius 3 is 2.35 bits per heavy atom. The van der Waals surface area contributed by atoms with E-state index in [0.29, 0.717) is 5.69 Å². The molecule has 0 saturated heterocycles. The minimum atomic E-state index is -4.52. The number of benzene rings is 2. The van der Waals surface area contributed by atoms with Gasteiger partial charge in [0.1, 0.15) is 6.54 Å². The van der Waals surface area contributed by atoms with Gasteiger partial charge in [-0.3, -0.25) is 9.52 Å². The van der Waals surface area contributed by atoms with Crippen molar-refractivity contribution >= 4 is 33.4 Å². The summed E-state index contributed by atoms with van der Waals surface area (Å²) in [6, 6.07) is 11.4. The summed E-state index contributed by atoms with van der Waals surface area (Å²) in [5.41, 5.74) is 0.307. The Hall–Kier alpha value is -2.20. The Kier molecular flexibility index (Phi) is 6.19. The first-order valence-corrected chi connectivity index (χ1v) is 9.93. The van der Waals surface area contributed by atoms with Crippen molar-refractivity contribution in [1.82, 2.24) is 5.32 Å². The first kappa shape index (κ1) is 20.1. The normalized spacial score (nSPS) is 11.8. The molecule has 0 unspecified atom stereocenters. The lowest BCUT2D eigenvalue weighted by Crippen LogP contribution is -2.33. The zero-order valence-corrected chi connectivity index (χ0v) is 15.1. The predicted octanol–water partition coefficient (Wildman–Crippen LogP) is 3.50. The summed E-state index contributed by atoms with van der Waals surface area (Å²) < 4.78 is 63.5. The van der Waals surface area contributed by atoms with Crippen LogP contribution >= 0.6 is 11.8 Å². The molecule has 0 saturated carbocycles. The number of rotatable bonds is 6. The predicted molar refractivity (Wildman–Crippen MR) is 93.9 cm³/mol. The topological polar surface area (TPSA) is 75.3 Å². The lowest BCUT2D eigenvalue weighted by molar-refractivity contribution is -0.123. The van der Waals surface area contributed by atoms with Crippen LogP contribution in [0.5, 0.6) is 0 Å². The largest absolute Gasteiger partial charge is 0.405 e. The van der Waals surface area contributed by atoms with Gasteiger partial charge in [0.25, 0.3) is 15.9 Å². The van der Waals surface area contributed by atoms with Gasteiger partial charge < -0.3 is 5.32 Å². The molecule has 0 heterocycles. The van der Waals surface area contributed by atoms with E-state index in [2.05, 4.69) is 4.72 Å². The maximum absolute atomic E-state index is 12.4. The van der Waals surface area contributed by atoms with Crippen molar-refractivity contribution in [1.29, 1.82) is 0 Å². The van der Waals surface area contributed by atoms with Crippen LogP contribution in [-0.4, -0.2) is 33.3 Å². The fourth-order valence-electron chi connectivity index (χ4n) is 1.97. The van der Waals surface area contributed by atoms with Gasteiger partial charge in [-0.15, -0.1) is 11.8 Å². The van der Waals surface area contributed by atoms with Crippen LogP contribution in [-0.2, 0) is 10.0 Å². The Morgan fingerprint density at radius 2 is 1.77 bits per heavy atom. The summed E-state index contributed by atoms with van der Waals surface area (Å²) in [6.07, 6.45) is -2.66. The quantitative estimate of drug-likeness (QED) is 0.723. The SMILES string of the molecule is CSc1cccc(NS(=O)(=O)c2ccc(C(=O)NCC(F)(F)F)cc2)c1. The molecule has 0 radical (unpaired) electrons. The van der Waals surface area contributed by atoms with Crippen molar-refractivity contribution in [2.45, 2.75) is 16.0 Å². The molecule has 0 aliphatic heterocycles. The zero-order valence-electron chi connectivity index (χ0n) is 13.5. The van der Waals surface area contributed by atoms with Crippen LogP contribution in [0.3, 0.4) is 0 Å². The summed E-state index contributed by atoms with van der Waals surface area (Å²) >= 11 is 1.46. The van der Waals surface area contributed by atoms with Crippen molar-refractivity contribution in [2.24, 2.45) is 0 Å². The van der Waals surface area contributed by atoms with Crippen LogP contribution in [0, 0.1) is 0 Å². The molecule has 0 bridgehead atoms. The molecule has 1 amide bonds.